The maximum Gasteiger partial charge on any atom is 0.251 e. The van der Waals surface area contributed by atoms with E-state index in [0.29, 0.717) is 15.7 Å². The van der Waals surface area contributed by atoms with Crippen LogP contribution in [0.25, 0.3) is 10.6 Å². The Bertz CT molecular complexity index is 974. The predicted molar refractivity (Wildman–Crippen MR) is 112 cm³/mol. The second-order valence-corrected chi connectivity index (χ2v) is 7.73. The summed E-state index contributed by atoms with van der Waals surface area (Å²) in [4.78, 5) is 24.6. The van der Waals surface area contributed by atoms with E-state index in [-0.39, 0.29) is 11.8 Å². The van der Waals surface area contributed by atoms with Crippen LogP contribution < -0.4 is 15.4 Å². The van der Waals surface area contributed by atoms with Crippen LogP contribution in [0.15, 0.2) is 53.0 Å². The number of rotatable bonds is 6. The third-order valence-corrected chi connectivity index (χ3v) is 5.26. The lowest BCUT2D eigenvalue weighted by atomic mass is 10.2. The number of anilines is 1. The first-order chi connectivity index (χ1) is 13.5. The Kier molecular flexibility index (Phi) is 6.37. The van der Waals surface area contributed by atoms with Gasteiger partial charge in [0.25, 0.3) is 5.91 Å². The van der Waals surface area contributed by atoms with Crippen molar-refractivity contribution in [2.75, 3.05) is 12.4 Å². The molecule has 0 aliphatic heterocycles. The van der Waals surface area contributed by atoms with Crippen LogP contribution in [0.1, 0.15) is 17.3 Å². The van der Waals surface area contributed by atoms with Gasteiger partial charge in [-0.05, 0) is 55.5 Å². The van der Waals surface area contributed by atoms with E-state index >= 15 is 0 Å². The molecule has 2 aromatic carbocycles. The summed E-state index contributed by atoms with van der Waals surface area (Å²) in [5.41, 5.74) is 1.34. The molecule has 7 nitrogen and oxygen atoms in total. The van der Waals surface area contributed by atoms with Crippen LogP contribution in [0, 0.1) is 0 Å². The van der Waals surface area contributed by atoms with Gasteiger partial charge in [-0.2, -0.15) is 0 Å². The Morgan fingerprint density at radius 3 is 2.39 bits per heavy atom. The molecule has 1 heterocycles. The molecule has 0 radical (unpaired) electrons. The molecule has 0 aliphatic rings. The molecule has 2 N–H and O–H groups in total. The van der Waals surface area contributed by atoms with Crippen molar-refractivity contribution in [3.8, 4) is 16.3 Å². The van der Waals surface area contributed by atoms with Crippen molar-refractivity contribution < 1.29 is 14.3 Å². The monoisotopic (exact) mass is 460 g/mol. The molecule has 3 aromatic rings. The van der Waals surface area contributed by atoms with E-state index in [9.17, 15) is 9.59 Å². The van der Waals surface area contributed by atoms with Crippen molar-refractivity contribution in [3.63, 3.8) is 0 Å². The van der Waals surface area contributed by atoms with Gasteiger partial charge < -0.3 is 10.1 Å². The average Bonchev–Trinajstić information content (AvgIpc) is 3.17. The van der Waals surface area contributed by atoms with Crippen LogP contribution in [0.2, 0.25) is 0 Å². The standard InChI is InChI=1S/C19H17BrN4O3S/c1-11(21-17(26)12-3-7-14(20)8-4-12)16(25)22-19-24-23-18(28-19)13-5-9-15(27-2)10-6-13/h3-11H,1-2H3,(H,21,26)(H,22,24,25). The average molecular weight is 461 g/mol. The summed E-state index contributed by atoms with van der Waals surface area (Å²) >= 11 is 4.57. The first-order valence-corrected chi connectivity index (χ1v) is 9.92. The molecule has 0 fully saturated rings. The van der Waals surface area contributed by atoms with Crippen LogP contribution in [0.5, 0.6) is 5.75 Å². The van der Waals surface area contributed by atoms with Crippen LogP contribution in [0.3, 0.4) is 0 Å². The number of ether oxygens (including phenoxy) is 1. The number of benzene rings is 2. The molecule has 9 heteroatoms. The van der Waals surface area contributed by atoms with E-state index in [0.717, 1.165) is 15.8 Å². The van der Waals surface area contributed by atoms with Crippen molar-refractivity contribution in [3.05, 3.63) is 58.6 Å². The Hall–Kier alpha value is -2.78. The molecular formula is C19H17BrN4O3S. The normalized spacial score (nSPS) is 11.5. The summed E-state index contributed by atoms with van der Waals surface area (Å²) in [6.45, 7) is 1.61. The van der Waals surface area contributed by atoms with Crippen molar-refractivity contribution in [2.24, 2.45) is 0 Å². The molecule has 0 spiro atoms. The fourth-order valence-electron chi connectivity index (χ4n) is 2.28. The number of halogens is 1. The van der Waals surface area contributed by atoms with E-state index in [1.165, 1.54) is 11.3 Å². The van der Waals surface area contributed by atoms with Gasteiger partial charge in [-0.25, -0.2) is 0 Å². The van der Waals surface area contributed by atoms with E-state index < -0.39 is 6.04 Å². The predicted octanol–water partition coefficient (Wildman–Crippen LogP) is 3.73. The molecule has 144 valence electrons. The number of methoxy groups -OCH3 is 1. The van der Waals surface area contributed by atoms with Crippen molar-refractivity contribution in [1.29, 1.82) is 0 Å². The third kappa shape index (κ3) is 4.93. The van der Waals surface area contributed by atoms with E-state index in [1.807, 2.05) is 24.3 Å². The number of hydrogen-bond acceptors (Lipinski definition) is 6. The lowest BCUT2D eigenvalue weighted by molar-refractivity contribution is -0.117. The molecule has 2 amide bonds. The molecular weight excluding hydrogens is 444 g/mol. The quantitative estimate of drug-likeness (QED) is 0.584. The minimum atomic E-state index is -0.732. The second-order valence-electron chi connectivity index (χ2n) is 5.83. The molecule has 28 heavy (non-hydrogen) atoms. The summed E-state index contributed by atoms with van der Waals surface area (Å²) in [5, 5.41) is 14.5. The molecule has 1 atom stereocenters. The van der Waals surface area contributed by atoms with E-state index in [4.69, 9.17) is 4.74 Å². The third-order valence-electron chi connectivity index (χ3n) is 3.84. The zero-order chi connectivity index (χ0) is 20.1. The fraction of sp³-hybridized carbons (Fsp3) is 0.158. The molecule has 0 bridgehead atoms. The second kappa shape index (κ2) is 8.94. The van der Waals surface area contributed by atoms with Gasteiger partial charge >= 0.3 is 0 Å². The number of carbonyl (C=O) groups is 2. The first-order valence-electron chi connectivity index (χ1n) is 8.31. The molecule has 0 saturated carbocycles. The molecule has 3 rings (SSSR count). The van der Waals surface area contributed by atoms with Crippen molar-refractivity contribution in [1.82, 2.24) is 15.5 Å². The summed E-state index contributed by atoms with van der Waals surface area (Å²) in [6, 6.07) is 13.5. The topological polar surface area (TPSA) is 93.2 Å². The number of nitrogens with one attached hydrogen (secondary N) is 2. The zero-order valence-electron chi connectivity index (χ0n) is 15.1. The number of amides is 2. The maximum absolute atomic E-state index is 12.4. The minimum absolute atomic E-state index is 0.327. The molecule has 1 unspecified atom stereocenters. The van der Waals surface area contributed by atoms with Gasteiger partial charge in [-0.15, -0.1) is 10.2 Å². The van der Waals surface area contributed by atoms with Gasteiger partial charge in [0.1, 0.15) is 16.8 Å². The Morgan fingerprint density at radius 1 is 1.07 bits per heavy atom. The van der Waals surface area contributed by atoms with Crippen molar-refractivity contribution >= 4 is 44.2 Å². The highest BCUT2D eigenvalue weighted by molar-refractivity contribution is 9.10. The Balaban J connectivity index is 1.60. The fourth-order valence-corrected chi connectivity index (χ4v) is 3.30. The highest BCUT2D eigenvalue weighted by Gasteiger charge is 2.18. The van der Waals surface area contributed by atoms with Crippen molar-refractivity contribution in [2.45, 2.75) is 13.0 Å². The number of hydrogen-bond donors (Lipinski definition) is 2. The SMILES string of the molecule is COc1ccc(-c2nnc(NC(=O)C(C)NC(=O)c3ccc(Br)cc3)s2)cc1. The summed E-state index contributed by atoms with van der Waals surface area (Å²) < 4.78 is 6.01. The maximum atomic E-state index is 12.4. The van der Waals surface area contributed by atoms with Gasteiger partial charge in [0.2, 0.25) is 11.0 Å². The summed E-state index contributed by atoms with van der Waals surface area (Å²) in [7, 11) is 1.60. The highest BCUT2D eigenvalue weighted by Crippen LogP contribution is 2.27. The van der Waals surface area contributed by atoms with Gasteiger partial charge in [-0.1, -0.05) is 27.3 Å². The number of nitrogens with zero attached hydrogens (tertiary/aromatic N) is 2. The first kappa shape index (κ1) is 20.0. The lowest BCUT2D eigenvalue weighted by Crippen LogP contribution is -2.41. The highest BCUT2D eigenvalue weighted by atomic mass is 79.9. The van der Waals surface area contributed by atoms with E-state index in [2.05, 4.69) is 36.8 Å². The van der Waals surface area contributed by atoms with Gasteiger partial charge in [-0.3, -0.25) is 14.9 Å². The zero-order valence-corrected chi connectivity index (χ0v) is 17.5. The lowest BCUT2D eigenvalue weighted by Gasteiger charge is -2.12. The van der Waals surface area contributed by atoms with Crippen LogP contribution in [-0.4, -0.2) is 35.2 Å². The van der Waals surface area contributed by atoms with Gasteiger partial charge in [0.05, 0.1) is 7.11 Å². The van der Waals surface area contributed by atoms with Crippen LogP contribution in [-0.2, 0) is 4.79 Å². The summed E-state index contributed by atoms with van der Waals surface area (Å²) in [6.07, 6.45) is 0. The minimum Gasteiger partial charge on any atom is -0.497 e. The Morgan fingerprint density at radius 2 is 1.75 bits per heavy atom. The smallest absolute Gasteiger partial charge is 0.251 e. The van der Waals surface area contributed by atoms with Gasteiger partial charge in [0, 0.05) is 15.6 Å². The molecule has 0 saturated heterocycles. The molecule has 0 aliphatic carbocycles. The number of carbonyl (C=O) groups excluding carboxylic acids is 2. The number of aromatic nitrogens is 2. The largest absolute Gasteiger partial charge is 0.497 e. The Labute approximate surface area is 174 Å². The van der Waals surface area contributed by atoms with Crippen LogP contribution >= 0.6 is 27.3 Å². The summed E-state index contributed by atoms with van der Waals surface area (Å²) in [5.74, 6) is 0.0476. The van der Waals surface area contributed by atoms with Gasteiger partial charge in [0.15, 0.2) is 0 Å². The van der Waals surface area contributed by atoms with Crippen LogP contribution in [0.4, 0.5) is 5.13 Å². The van der Waals surface area contributed by atoms with E-state index in [1.54, 1.807) is 38.3 Å². The molecule has 1 aromatic heterocycles.